The molecule has 224 valence electrons. The number of pyridine rings is 1. The van der Waals surface area contributed by atoms with Gasteiger partial charge in [-0.25, -0.2) is 4.98 Å². The number of hydrogen-bond donors (Lipinski definition) is 0. The van der Waals surface area contributed by atoms with Crippen LogP contribution in [0.4, 0.5) is 5.82 Å². The summed E-state index contributed by atoms with van der Waals surface area (Å²) < 4.78 is 22.8. The number of fused-ring (bicyclic) bond motifs is 1. The van der Waals surface area contributed by atoms with Gasteiger partial charge >= 0.3 is 0 Å². The van der Waals surface area contributed by atoms with Gasteiger partial charge in [0, 0.05) is 49.1 Å². The highest BCUT2D eigenvalue weighted by molar-refractivity contribution is 6.34. The van der Waals surface area contributed by atoms with E-state index < -0.39 is 0 Å². The Hall–Kier alpha value is -4.22. The fraction of sp³-hybridized carbons (Fsp3) is 0.250. The van der Waals surface area contributed by atoms with Crippen molar-refractivity contribution in [2.75, 3.05) is 57.5 Å². The number of carbonyl (C=O) groups excluding carboxylic acids is 1. The SMILES string of the molecule is O=C(c1c(-c2ccccc2Cl)noc1C=Cc1cnc(N2CCOCC2)c2c(-c3ccccc3Cl)noc12)N1CCOCC1. The van der Waals surface area contributed by atoms with E-state index in [0.29, 0.717) is 96.3 Å². The molecule has 2 aliphatic heterocycles. The molecule has 0 radical (unpaired) electrons. The third kappa shape index (κ3) is 5.35. The van der Waals surface area contributed by atoms with Gasteiger partial charge in [-0.3, -0.25) is 4.79 Å². The van der Waals surface area contributed by atoms with Crippen molar-refractivity contribution >= 4 is 58.0 Å². The maximum Gasteiger partial charge on any atom is 0.260 e. The molecule has 2 aliphatic rings. The van der Waals surface area contributed by atoms with E-state index in [4.69, 9.17) is 46.7 Å². The summed E-state index contributed by atoms with van der Waals surface area (Å²) in [6.45, 7) is 4.40. The van der Waals surface area contributed by atoms with Crippen molar-refractivity contribution in [3.8, 4) is 22.5 Å². The molecule has 0 saturated carbocycles. The number of ether oxygens (including phenoxy) is 2. The zero-order chi connectivity index (χ0) is 30.0. The lowest BCUT2D eigenvalue weighted by Crippen LogP contribution is -2.41. The van der Waals surface area contributed by atoms with Gasteiger partial charge in [-0.2, -0.15) is 0 Å². The number of anilines is 1. The molecule has 0 spiro atoms. The van der Waals surface area contributed by atoms with E-state index in [-0.39, 0.29) is 11.7 Å². The topological polar surface area (TPSA) is 107 Å². The summed E-state index contributed by atoms with van der Waals surface area (Å²) in [6.07, 6.45) is 5.20. The molecule has 44 heavy (non-hydrogen) atoms. The Kier molecular flexibility index (Phi) is 8.05. The minimum atomic E-state index is -0.212. The van der Waals surface area contributed by atoms with E-state index in [1.807, 2.05) is 42.5 Å². The van der Waals surface area contributed by atoms with Crippen LogP contribution < -0.4 is 4.90 Å². The Bertz CT molecular complexity index is 1860. The minimum absolute atomic E-state index is 0.212. The Morgan fingerprint density at radius 1 is 0.773 bits per heavy atom. The molecule has 10 nitrogen and oxygen atoms in total. The summed E-state index contributed by atoms with van der Waals surface area (Å²) >= 11 is 13.1. The molecule has 1 amide bonds. The third-order valence-corrected chi connectivity index (χ3v) is 8.38. The zero-order valence-electron chi connectivity index (χ0n) is 23.5. The minimum Gasteiger partial charge on any atom is -0.378 e. The first-order valence-electron chi connectivity index (χ1n) is 14.3. The highest BCUT2D eigenvalue weighted by Gasteiger charge is 2.29. The van der Waals surface area contributed by atoms with E-state index in [2.05, 4.69) is 15.2 Å². The summed E-state index contributed by atoms with van der Waals surface area (Å²) in [4.78, 5) is 22.6. The largest absolute Gasteiger partial charge is 0.378 e. The summed E-state index contributed by atoms with van der Waals surface area (Å²) in [6, 6.07) is 14.7. The first kappa shape index (κ1) is 28.5. The monoisotopic (exact) mass is 631 g/mol. The number of benzene rings is 2. The van der Waals surface area contributed by atoms with Gasteiger partial charge < -0.3 is 28.3 Å². The molecule has 2 saturated heterocycles. The Morgan fingerprint density at radius 2 is 1.39 bits per heavy atom. The second-order valence-corrected chi connectivity index (χ2v) is 11.2. The maximum absolute atomic E-state index is 13.8. The lowest BCUT2D eigenvalue weighted by molar-refractivity contribution is 0.0302. The van der Waals surface area contributed by atoms with Crippen LogP contribution in [0.5, 0.6) is 0 Å². The number of aromatic nitrogens is 3. The van der Waals surface area contributed by atoms with Crippen molar-refractivity contribution in [3.63, 3.8) is 0 Å². The van der Waals surface area contributed by atoms with Crippen LogP contribution in [0.15, 0.2) is 63.8 Å². The lowest BCUT2D eigenvalue weighted by atomic mass is 10.0. The highest BCUT2D eigenvalue weighted by Crippen LogP contribution is 2.39. The zero-order valence-corrected chi connectivity index (χ0v) is 25.1. The fourth-order valence-corrected chi connectivity index (χ4v) is 5.92. The molecule has 7 rings (SSSR count). The van der Waals surface area contributed by atoms with Gasteiger partial charge in [0.1, 0.15) is 22.8 Å². The second-order valence-electron chi connectivity index (χ2n) is 10.3. The van der Waals surface area contributed by atoms with E-state index in [0.717, 1.165) is 16.8 Å². The summed E-state index contributed by atoms with van der Waals surface area (Å²) in [5.41, 5.74) is 3.80. The number of amides is 1. The van der Waals surface area contributed by atoms with Crippen molar-refractivity contribution in [3.05, 3.63) is 81.7 Å². The average Bonchev–Trinajstić information content (AvgIpc) is 3.70. The second kappa shape index (κ2) is 12.4. The molecule has 0 bridgehead atoms. The Balaban J connectivity index is 1.34. The van der Waals surface area contributed by atoms with Gasteiger partial charge in [0.2, 0.25) is 0 Å². The standard InChI is InChI=1S/C32H27Cl2N5O5/c33-23-7-3-1-5-21(23)28-26(32(40)39-13-17-42-18-14-39)25(43-36-28)10-9-20-19-35-31(38-11-15-41-16-12-38)27-29(37-44-30(20)27)22-6-2-4-8-24(22)34/h1-10,19H,11-18H2. The van der Waals surface area contributed by atoms with Crippen molar-refractivity contribution in [2.24, 2.45) is 0 Å². The third-order valence-electron chi connectivity index (χ3n) is 7.72. The quantitative estimate of drug-likeness (QED) is 0.212. The smallest absolute Gasteiger partial charge is 0.260 e. The van der Waals surface area contributed by atoms with E-state index in [9.17, 15) is 4.79 Å². The normalized spacial score (nSPS) is 15.9. The molecule has 2 fully saturated rings. The molecule has 0 N–H and O–H groups in total. The molecule has 5 heterocycles. The number of carbonyl (C=O) groups is 1. The van der Waals surface area contributed by atoms with Crippen LogP contribution in [-0.2, 0) is 9.47 Å². The van der Waals surface area contributed by atoms with Gasteiger partial charge in [-0.15, -0.1) is 0 Å². The first-order chi connectivity index (χ1) is 21.6. The molecule has 2 aromatic carbocycles. The molecular formula is C32H27Cl2N5O5. The van der Waals surface area contributed by atoms with Crippen molar-refractivity contribution < 1.29 is 23.3 Å². The predicted molar refractivity (Wildman–Crippen MR) is 168 cm³/mol. The van der Waals surface area contributed by atoms with Crippen LogP contribution in [-0.4, -0.2) is 78.7 Å². The van der Waals surface area contributed by atoms with E-state index >= 15 is 0 Å². The average molecular weight is 633 g/mol. The van der Waals surface area contributed by atoms with Crippen LogP contribution in [0, 0.1) is 0 Å². The highest BCUT2D eigenvalue weighted by atomic mass is 35.5. The summed E-state index contributed by atoms with van der Waals surface area (Å²) in [5.74, 6) is 0.809. The van der Waals surface area contributed by atoms with Crippen LogP contribution in [0.3, 0.4) is 0 Å². The van der Waals surface area contributed by atoms with Gasteiger partial charge in [0.05, 0.1) is 41.9 Å². The molecule has 3 aromatic heterocycles. The number of nitrogens with zero attached hydrogens (tertiary/aromatic N) is 5. The Labute approximate surface area is 262 Å². The lowest BCUT2D eigenvalue weighted by Gasteiger charge is -2.28. The van der Waals surface area contributed by atoms with E-state index in [1.165, 1.54) is 0 Å². The molecule has 0 unspecified atom stereocenters. The number of halogens is 2. The molecule has 12 heteroatoms. The summed E-state index contributed by atoms with van der Waals surface area (Å²) in [7, 11) is 0. The number of rotatable bonds is 6. The number of morpholine rings is 2. The van der Waals surface area contributed by atoms with Gasteiger partial charge in [0.15, 0.2) is 11.3 Å². The molecule has 0 atom stereocenters. The molecule has 5 aromatic rings. The van der Waals surface area contributed by atoms with Crippen LogP contribution in [0.1, 0.15) is 21.7 Å². The summed E-state index contributed by atoms with van der Waals surface area (Å²) in [5, 5.41) is 10.5. The van der Waals surface area contributed by atoms with Crippen LogP contribution in [0.2, 0.25) is 10.0 Å². The molecular weight excluding hydrogens is 605 g/mol. The van der Waals surface area contributed by atoms with Crippen molar-refractivity contribution in [1.82, 2.24) is 20.2 Å². The van der Waals surface area contributed by atoms with E-state index in [1.54, 1.807) is 29.3 Å². The Morgan fingerprint density at radius 3 is 2.07 bits per heavy atom. The number of hydrogen-bond acceptors (Lipinski definition) is 9. The van der Waals surface area contributed by atoms with Crippen molar-refractivity contribution in [1.29, 1.82) is 0 Å². The maximum atomic E-state index is 13.8. The van der Waals surface area contributed by atoms with Crippen LogP contribution >= 0.6 is 23.2 Å². The van der Waals surface area contributed by atoms with Gasteiger partial charge in [-0.1, -0.05) is 69.9 Å². The predicted octanol–water partition coefficient (Wildman–Crippen LogP) is 6.33. The van der Waals surface area contributed by atoms with Gasteiger partial charge in [-0.05, 0) is 24.3 Å². The van der Waals surface area contributed by atoms with Crippen LogP contribution in [0.25, 0.3) is 45.6 Å². The molecule has 0 aliphatic carbocycles. The first-order valence-corrected chi connectivity index (χ1v) is 15.0. The van der Waals surface area contributed by atoms with Crippen molar-refractivity contribution in [2.45, 2.75) is 0 Å². The fourth-order valence-electron chi connectivity index (χ4n) is 5.47. The van der Waals surface area contributed by atoms with Gasteiger partial charge in [0.25, 0.3) is 5.91 Å².